The average Bonchev–Trinajstić information content (AvgIpc) is 2.30. The van der Waals surface area contributed by atoms with E-state index in [1.807, 2.05) is 31.2 Å². The molecule has 0 radical (unpaired) electrons. The van der Waals surface area contributed by atoms with Crippen molar-refractivity contribution in [2.24, 2.45) is 5.73 Å². The van der Waals surface area contributed by atoms with Gasteiger partial charge >= 0.3 is 0 Å². The van der Waals surface area contributed by atoms with E-state index in [1.54, 1.807) is 12.0 Å². The number of ether oxygens (including phenoxy) is 1. The van der Waals surface area contributed by atoms with Crippen molar-refractivity contribution >= 4 is 11.6 Å². The van der Waals surface area contributed by atoms with E-state index >= 15 is 0 Å². The molecular formula is C11H16N2O2. The summed E-state index contributed by atoms with van der Waals surface area (Å²) in [6.07, 6.45) is 0. The average molecular weight is 208 g/mol. The normalized spacial score (nSPS) is 9.80. The van der Waals surface area contributed by atoms with E-state index in [0.29, 0.717) is 6.54 Å². The van der Waals surface area contributed by atoms with Crippen molar-refractivity contribution in [2.75, 3.05) is 25.1 Å². The summed E-state index contributed by atoms with van der Waals surface area (Å²) in [5, 5.41) is 0. The first kappa shape index (κ1) is 11.5. The Balaban J connectivity index is 2.87. The Morgan fingerprint density at radius 1 is 1.40 bits per heavy atom. The van der Waals surface area contributed by atoms with Gasteiger partial charge in [0.25, 0.3) is 0 Å². The van der Waals surface area contributed by atoms with Gasteiger partial charge in [-0.15, -0.1) is 0 Å². The quantitative estimate of drug-likeness (QED) is 0.803. The number of nitrogens with zero attached hydrogens (tertiary/aromatic N) is 1. The molecule has 0 saturated carbocycles. The van der Waals surface area contributed by atoms with Crippen LogP contribution in [0.2, 0.25) is 0 Å². The van der Waals surface area contributed by atoms with Crippen LogP contribution in [0, 0.1) is 0 Å². The lowest BCUT2D eigenvalue weighted by Gasteiger charge is -2.20. The molecule has 0 spiro atoms. The fraction of sp³-hybridized carbons (Fsp3) is 0.364. The summed E-state index contributed by atoms with van der Waals surface area (Å²) in [7, 11) is 1.61. The van der Waals surface area contributed by atoms with E-state index in [2.05, 4.69) is 0 Å². The minimum Gasteiger partial charge on any atom is -0.497 e. The number of methoxy groups -OCH3 is 1. The van der Waals surface area contributed by atoms with Gasteiger partial charge in [-0.3, -0.25) is 4.79 Å². The Kier molecular flexibility index (Phi) is 4.12. The lowest BCUT2D eigenvalue weighted by Crippen LogP contribution is -2.35. The number of nitrogens with two attached hydrogens (primary N) is 1. The SMILES string of the molecule is CCN(C(=O)CN)c1ccc(OC)cc1. The van der Waals surface area contributed by atoms with Crippen LogP contribution >= 0.6 is 0 Å². The van der Waals surface area contributed by atoms with E-state index < -0.39 is 0 Å². The van der Waals surface area contributed by atoms with Crippen molar-refractivity contribution in [2.45, 2.75) is 6.92 Å². The van der Waals surface area contributed by atoms with E-state index in [0.717, 1.165) is 11.4 Å². The number of likely N-dealkylation sites (N-methyl/N-ethyl adjacent to an activating group) is 1. The maximum Gasteiger partial charge on any atom is 0.240 e. The molecule has 82 valence electrons. The number of benzene rings is 1. The molecule has 15 heavy (non-hydrogen) atoms. The highest BCUT2D eigenvalue weighted by molar-refractivity contribution is 5.94. The van der Waals surface area contributed by atoms with E-state index in [9.17, 15) is 4.79 Å². The molecule has 2 N–H and O–H groups in total. The minimum absolute atomic E-state index is 0.0276. The molecule has 0 bridgehead atoms. The number of amides is 1. The lowest BCUT2D eigenvalue weighted by molar-refractivity contribution is -0.117. The Morgan fingerprint density at radius 3 is 2.40 bits per heavy atom. The highest BCUT2D eigenvalue weighted by atomic mass is 16.5. The van der Waals surface area contributed by atoms with Crippen LogP contribution in [0.5, 0.6) is 5.75 Å². The number of carbonyl (C=O) groups is 1. The molecule has 4 nitrogen and oxygen atoms in total. The third-order valence-corrected chi connectivity index (χ3v) is 2.18. The minimum atomic E-state index is -0.0809. The van der Waals surface area contributed by atoms with Crippen molar-refractivity contribution in [3.63, 3.8) is 0 Å². The Morgan fingerprint density at radius 2 is 2.00 bits per heavy atom. The van der Waals surface area contributed by atoms with Crippen molar-refractivity contribution < 1.29 is 9.53 Å². The summed E-state index contributed by atoms with van der Waals surface area (Å²) < 4.78 is 5.04. The molecule has 0 unspecified atom stereocenters. The molecule has 4 heteroatoms. The Labute approximate surface area is 89.6 Å². The zero-order valence-corrected chi connectivity index (χ0v) is 9.06. The zero-order chi connectivity index (χ0) is 11.3. The van der Waals surface area contributed by atoms with E-state index in [4.69, 9.17) is 10.5 Å². The van der Waals surface area contributed by atoms with Crippen molar-refractivity contribution in [3.8, 4) is 5.75 Å². The fourth-order valence-corrected chi connectivity index (χ4v) is 1.38. The first-order chi connectivity index (χ1) is 7.22. The van der Waals surface area contributed by atoms with Crippen LogP contribution in [0.1, 0.15) is 6.92 Å². The predicted octanol–water partition coefficient (Wildman–Crippen LogP) is 1.01. The van der Waals surface area contributed by atoms with Crippen LogP contribution in [-0.2, 0) is 4.79 Å². The number of hydrogen-bond donors (Lipinski definition) is 1. The largest absolute Gasteiger partial charge is 0.497 e. The summed E-state index contributed by atoms with van der Waals surface area (Å²) in [5.74, 6) is 0.692. The second-order valence-corrected chi connectivity index (χ2v) is 3.04. The number of rotatable bonds is 4. The topological polar surface area (TPSA) is 55.6 Å². The molecule has 0 fully saturated rings. The summed E-state index contributed by atoms with van der Waals surface area (Å²) in [6, 6.07) is 7.33. The van der Waals surface area contributed by atoms with Gasteiger partial charge in [-0.2, -0.15) is 0 Å². The first-order valence-corrected chi connectivity index (χ1v) is 4.87. The van der Waals surface area contributed by atoms with Crippen LogP contribution in [0.4, 0.5) is 5.69 Å². The standard InChI is InChI=1S/C11H16N2O2/c1-3-13(11(14)8-12)9-4-6-10(15-2)7-5-9/h4-7H,3,8,12H2,1-2H3. The van der Waals surface area contributed by atoms with Crippen LogP contribution in [0.3, 0.4) is 0 Å². The number of anilines is 1. The molecule has 1 aromatic rings. The van der Waals surface area contributed by atoms with Crippen molar-refractivity contribution in [1.29, 1.82) is 0 Å². The summed E-state index contributed by atoms with van der Waals surface area (Å²) >= 11 is 0. The molecule has 0 aliphatic rings. The second kappa shape index (κ2) is 5.36. The van der Waals surface area contributed by atoms with Crippen LogP contribution in [0.25, 0.3) is 0 Å². The maximum absolute atomic E-state index is 11.5. The molecule has 0 heterocycles. The molecule has 0 aliphatic carbocycles. The second-order valence-electron chi connectivity index (χ2n) is 3.04. The van der Waals surface area contributed by atoms with Gasteiger partial charge in [0.2, 0.25) is 5.91 Å². The highest BCUT2D eigenvalue weighted by Gasteiger charge is 2.11. The Hall–Kier alpha value is -1.55. The van der Waals surface area contributed by atoms with Crippen LogP contribution in [-0.4, -0.2) is 26.1 Å². The van der Waals surface area contributed by atoms with Gasteiger partial charge in [0.15, 0.2) is 0 Å². The summed E-state index contributed by atoms with van der Waals surface area (Å²) in [4.78, 5) is 13.1. The predicted molar refractivity (Wildman–Crippen MR) is 60.1 cm³/mol. The van der Waals surface area contributed by atoms with Crippen LogP contribution in [0.15, 0.2) is 24.3 Å². The van der Waals surface area contributed by atoms with Gasteiger partial charge in [0, 0.05) is 12.2 Å². The molecule has 0 atom stereocenters. The highest BCUT2D eigenvalue weighted by Crippen LogP contribution is 2.18. The molecule has 0 aliphatic heterocycles. The zero-order valence-electron chi connectivity index (χ0n) is 9.06. The van der Waals surface area contributed by atoms with Gasteiger partial charge in [-0.25, -0.2) is 0 Å². The molecule has 0 saturated heterocycles. The summed E-state index contributed by atoms with van der Waals surface area (Å²) in [5.41, 5.74) is 6.17. The lowest BCUT2D eigenvalue weighted by atomic mass is 10.2. The monoisotopic (exact) mass is 208 g/mol. The molecule has 1 aromatic carbocycles. The Bertz CT molecular complexity index is 322. The first-order valence-electron chi connectivity index (χ1n) is 4.87. The number of carbonyl (C=O) groups excluding carboxylic acids is 1. The van der Waals surface area contributed by atoms with Gasteiger partial charge in [0.1, 0.15) is 5.75 Å². The third kappa shape index (κ3) is 2.70. The molecule has 1 rings (SSSR count). The van der Waals surface area contributed by atoms with E-state index in [-0.39, 0.29) is 12.5 Å². The maximum atomic E-state index is 11.5. The molecule has 0 aromatic heterocycles. The number of hydrogen-bond acceptors (Lipinski definition) is 3. The van der Waals surface area contributed by atoms with Crippen molar-refractivity contribution in [3.05, 3.63) is 24.3 Å². The van der Waals surface area contributed by atoms with Gasteiger partial charge in [-0.1, -0.05) is 0 Å². The van der Waals surface area contributed by atoms with Gasteiger partial charge in [0.05, 0.1) is 13.7 Å². The summed E-state index contributed by atoms with van der Waals surface area (Å²) in [6.45, 7) is 2.56. The smallest absolute Gasteiger partial charge is 0.240 e. The molecule has 1 amide bonds. The van der Waals surface area contributed by atoms with Gasteiger partial charge in [-0.05, 0) is 31.2 Å². The van der Waals surface area contributed by atoms with Crippen LogP contribution < -0.4 is 15.4 Å². The van der Waals surface area contributed by atoms with Gasteiger partial charge < -0.3 is 15.4 Å². The molecular weight excluding hydrogens is 192 g/mol. The fourth-order valence-electron chi connectivity index (χ4n) is 1.38. The third-order valence-electron chi connectivity index (χ3n) is 2.18. The van der Waals surface area contributed by atoms with E-state index in [1.165, 1.54) is 0 Å². The van der Waals surface area contributed by atoms with Crippen molar-refractivity contribution in [1.82, 2.24) is 0 Å².